The smallest absolute Gasteiger partial charge is 0.327 e. The number of ether oxygens (including phenoxy) is 1. The van der Waals surface area contributed by atoms with Crippen LogP contribution in [-0.4, -0.2) is 71.9 Å². The van der Waals surface area contributed by atoms with E-state index in [1.54, 1.807) is 27.8 Å². The number of piperazine rings is 1. The van der Waals surface area contributed by atoms with E-state index in [1.807, 2.05) is 47.2 Å². The Morgan fingerprint density at radius 2 is 1.75 bits per heavy atom. The highest BCUT2D eigenvalue weighted by Crippen LogP contribution is 2.37. The molecule has 0 bridgehead atoms. The molecule has 3 fully saturated rings. The van der Waals surface area contributed by atoms with Gasteiger partial charge in [0.2, 0.25) is 5.91 Å². The molecule has 3 aromatic carbocycles. The molecule has 2 aliphatic heterocycles. The molecule has 2 saturated heterocycles. The second kappa shape index (κ2) is 13.6. The molecule has 3 heterocycles. The molecule has 12 heteroatoms. The fourth-order valence-corrected chi connectivity index (χ4v) is 6.51. The number of halogens is 1. The summed E-state index contributed by atoms with van der Waals surface area (Å²) in [6.45, 7) is 4.96. The minimum absolute atomic E-state index is 0. The van der Waals surface area contributed by atoms with E-state index in [0.717, 1.165) is 32.2 Å². The molecule has 0 spiro atoms. The predicted molar refractivity (Wildman–Crippen MR) is 187 cm³/mol. The summed E-state index contributed by atoms with van der Waals surface area (Å²) in [7, 11) is 0. The molecule has 11 nitrogen and oxygen atoms in total. The Bertz CT molecular complexity index is 1860. The molecule has 3 amide bonds. The van der Waals surface area contributed by atoms with E-state index in [-0.39, 0.29) is 20.4 Å². The van der Waals surface area contributed by atoms with Crippen molar-refractivity contribution in [1.29, 1.82) is 0 Å². The molecule has 7 rings (SSSR count). The van der Waals surface area contributed by atoms with Crippen molar-refractivity contribution in [3.8, 4) is 5.75 Å². The zero-order valence-corrected chi connectivity index (χ0v) is 27.0. The molecular weight excluding hydrogens is 613 g/mol. The SMILES string of the molecule is CC(c1nc2ccccc2c(=O)n1N1CCN(C(=O)[C@@H]2CCCN2)CC1)N(C(=O)Nc1ccc(F)cc1)c1ccccc1OCC1CC1.[HH].[HH]. The number of benzene rings is 3. The van der Waals surface area contributed by atoms with Crippen molar-refractivity contribution in [1.82, 2.24) is 19.9 Å². The number of carbonyl (C=O) groups is 2. The van der Waals surface area contributed by atoms with Gasteiger partial charge in [-0.3, -0.25) is 14.5 Å². The van der Waals surface area contributed by atoms with Crippen LogP contribution in [0, 0.1) is 11.7 Å². The van der Waals surface area contributed by atoms with Crippen molar-refractivity contribution in [2.45, 2.75) is 44.7 Å². The Hall–Kier alpha value is -4.97. The van der Waals surface area contributed by atoms with Crippen molar-refractivity contribution >= 4 is 34.2 Å². The summed E-state index contributed by atoms with van der Waals surface area (Å²) in [5.74, 6) is 1.06. The lowest BCUT2D eigenvalue weighted by molar-refractivity contribution is -0.133. The van der Waals surface area contributed by atoms with Gasteiger partial charge in [-0.1, -0.05) is 24.3 Å². The number of hydrogen-bond donors (Lipinski definition) is 2. The molecule has 0 radical (unpaired) electrons. The molecule has 1 aromatic heterocycles. The summed E-state index contributed by atoms with van der Waals surface area (Å²) in [6, 6.07) is 18.7. The largest absolute Gasteiger partial charge is 0.491 e. The standard InChI is InChI=1S/C36H40FN7O4.2H2/c1-24(43(36(47)39-27-16-14-26(37)15-17-27)31-10-4-5-11-32(31)48-23-25-12-13-25)33-40-29-8-3-2-7-28(29)34(45)44(33)42-21-19-41(20-22-42)35(46)30-9-6-18-38-30;;/h2-5,7-8,10-11,14-17,24-25,30,38H,6,9,12-13,18-23H2,1H3,(H,39,47);2*1H/t24?,30-;;/m0../s1. The maximum absolute atomic E-state index is 14.3. The van der Waals surface area contributed by atoms with Gasteiger partial charge in [-0.2, -0.15) is 0 Å². The van der Waals surface area contributed by atoms with Crippen LogP contribution >= 0.6 is 0 Å². The Morgan fingerprint density at radius 3 is 2.48 bits per heavy atom. The van der Waals surface area contributed by atoms with Crippen LogP contribution in [0.15, 0.2) is 77.6 Å². The molecule has 2 N–H and O–H groups in total. The van der Waals surface area contributed by atoms with Gasteiger partial charge in [0.05, 0.1) is 48.4 Å². The third kappa shape index (κ3) is 6.57. The zero-order chi connectivity index (χ0) is 33.2. The monoisotopic (exact) mass is 657 g/mol. The quantitative estimate of drug-likeness (QED) is 0.256. The van der Waals surface area contributed by atoms with Gasteiger partial charge in [0.25, 0.3) is 5.56 Å². The van der Waals surface area contributed by atoms with Crippen LogP contribution < -0.4 is 30.8 Å². The Kier molecular flexibility index (Phi) is 8.98. The number of para-hydroxylation sites is 3. The van der Waals surface area contributed by atoms with E-state index in [2.05, 4.69) is 10.6 Å². The van der Waals surface area contributed by atoms with E-state index in [9.17, 15) is 18.8 Å². The highest BCUT2D eigenvalue weighted by molar-refractivity contribution is 6.03. The Balaban J connectivity index is 0.00000243. The lowest BCUT2D eigenvalue weighted by Gasteiger charge is -2.39. The lowest BCUT2D eigenvalue weighted by atomic mass is 10.1. The van der Waals surface area contributed by atoms with E-state index in [4.69, 9.17) is 9.72 Å². The van der Waals surface area contributed by atoms with Gasteiger partial charge < -0.3 is 25.3 Å². The number of nitrogens with zero attached hydrogens (tertiary/aromatic N) is 5. The molecule has 254 valence electrons. The summed E-state index contributed by atoms with van der Waals surface area (Å²) in [4.78, 5) is 50.1. The molecule has 2 atom stereocenters. The maximum Gasteiger partial charge on any atom is 0.327 e. The van der Waals surface area contributed by atoms with Gasteiger partial charge in [0.15, 0.2) is 5.82 Å². The number of amides is 3. The van der Waals surface area contributed by atoms with Crippen LogP contribution in [0.25, 0.3) is 10.9 Å². The van der Waals surface area contributed by atoms with Gasteiger partial charge in [-0.05, 0) is 93.6 Å². The minimum atomic E-state index is -0.768. The first-order valence-corrected chi connectivity index (χ1v) is 16.7. The number of urea groups is 1. The topological polar surface area (TPSA) is 112 Å². The summed E-state index contributed by atoms with van der Waals surface area (Å²) in [6.07, 6.45) is 4.03. The number of aromatic nitrogens is 2. The molecule has 1 aliphatic carbocycles. The highest BCUT2D eigenvalue weighted by atomic mass is 19.1. The summed E-state index contributed by atoms with van der Waals surface area (Å²) in [5.41, 5.74) is 1.19. The van der Waals surface area contributed by atoms with Crippen LogP contribution in [0.4, 0.5) is 20.6 Å². The molecule has 4 aromatic rings. The van der Waals surface area contributed by atoms with E-state index >= 15 is 0 Å². The average molecular weight is 658 g/mol. The van der Waals surface area contributed by atoms with E-state index < -0.39 is 17.9 Å². The second-order valence-electron chi connectivity index (χ2n) is 12.7. The van der Waals surface area contributed by atoms with Crippen LogP contribution in [-0.2, 0) is 4.79 Å². The van der Waals surface area contributed by atoms with Crippen molar-refractivity contribution in [3.05, 3.63) is 94.8 Å². The van der Waals surface area contributed by atoms with Gasteiger partial charge in [-0.15, -0.1) is 0 Å². The number of fused-ring (bicyclic) bond motifs is 1. The summed E-state index contributed by atoms with van der Waals surface area (Å²) < 4.78 is 21.6. The van der Waals surface area contributed by atoms with Crippen LogP contribution in [0.3, 0.4) is 0 Å². The normalized spacial score (nSPS) is 18.5. The van der Waals surface area contributed by atoms with Crippen molar-refractivity contribution < 1.29 is 21.6 Å². The first kappa shape index (κ1) is 31.6. The fraction of sp³-hybridized carbons (Fsp3) is 0.389. The minimum Gasteiger partial charge on any atom is -0.491 e. The van der Waals surface area contributed by atoms with Gasteiger partial charge >= 0.3 is 6.03 Å². The molecule has 3 aliphatic rings. The van der Waals surface area contributed by atoms with Crippen LogP contribution in [0.5, 0.6) is 5.75 Å². The molecular formula is C36H44FN7O4. The van der Waals surface area contributed by atoms with E-state index in [1.165, 1.54) is 24.3 Å². The molecule has 1 unspecified atom stereocenters. The highest BCUT2D eigenvalue weighted by Gasteiger charge is 2.34. The van der Waals surface area contributed by atoms with Gasteiger partial charge in [0.1, 0.15) is 11.6 Å². The van der Waals surface area contributed by atoms with Gasteiger partial charge in [-0.25, -0.2) is 18.8 Å². The number of carbonyl (C=O) groups excluding carboxylic acids is 2. The number of anilines is 2. The summed E-state index contributed by atoms with van der Waals surface area (Å²) >= 11 is 0. The molecule has 1 saturated carbocycles. The third-order valence-corrected chi connectivity index (χ3v) is 9.36. The van der Waals surface area contributed by atoms with Crippen molar-refractivity contribution in [3.63, 3.8) is 0 Å². The Morgan fingerprint density at radius 1 is 1.02 bits per heavy atom. The van der Waals surface area contributed by atoms with Crippen molar-refractivity contribution in [2.75, 3.05) is 54.6 Å². The molecule has 48 heavy (non-hydrogen) atoms. The van der Waals surface area contributed by atoms with Crippen molar-refractivity contribution in [2.24, 2.45) is 5.92 Å². The predicted octanol–water partition coefficient (Wildman–Crippen LogP) is 5.15. The zero-order valence-electron chi connectivity index (χ0n) is 27.0. The van der Waals surface area contributed by atoms with Gasteiger partial charge in [0, 0.05) is 21.6 Å². The van der Waals surface area contributed by atoms with Crippen LogP contribution in [0.1, 0.15) is 47.3 Å². The average Bonchev–Trinajstić information content (AvgIpc) is 3.78. The number of rotatable bonds is 9. The lowest BCUT2D eigenvalue weighted by Crippen LogP contribution is -2.58. The Labute approximate surface area is 281 Å². The summed E-state index contributed by atoms with van der Waals surface area (Å²) in [5, 5.41) is 8.57. The number of nitrogens with one attached hydrogen (secondary N) is 2. The maximum atomic E-state index is 14.3. The number of hydrogen-bond acceptors (Lipinski definition) is 7. The van der Waals surface area contributed by atoms with Crippen LogP contribution in [0.2, 0.25) is 0 Å². The second-order valence-corrected chi connectivity index (χ2v) is 12.7. The van der Waals surface area contributed by atoms with E-state index in [0.29, 0.717) is 72.6 Å². The first-order chi connectivity index (χ1) is 23.4. The third-order valence-electron chi connectivity index (χ3n) is 9.36. The first-order valence-electron chi connectivity index (χ1n) is 16.7. The fourth-order valence-electron chi connectivity index (χ4n) is 6.51.